The molecular weight excluding hydrogens is 160 g/mol. The van der Waals surface area contributed by atoms with Crippen molar-refractivity contribution < 1.29 is 0 Å². The van der Waals surface area contributed by atoms with Crippen molar-refractivity contribution in [3.05, 3.63) is 36.2 Å². The van der Waals surface area contributed by atoms with Crippen molar-refractivity contribution in [2.75, 3.05) is 0 Å². The summed E-state index contributed by atoms with van der Waals surface area (Å²) in [5.74, 6) is 0. The summed E-state index contributed by atoms with van der Waals surface area (Å²) in [6.07, 6.45) is 6.24. The Morgan fingerprint density at radius 1 is 1.54 bits per heavy atom. The Balaban J connectivity index is 4.67. The minimum Gasteiger partial charge on any atom is -0.404 e. The van der Waals surface area contributed by atoms with E-state index in [9.17, 15) is 0 Å². The molecular formula is C11H18N2. The van der Waals surface area contributed by atoms with Crippen molar-refractivity contribution in [2.24, 2.45) is 10.7 Å². The molecule has 0 aliphatic heterocycles. The molecule has 2 nitrogen and oxygen atoms in total. The van der Waals surface area contributed by atoms with Gasteiger partial charge in [0.25, 0.3) is 0 Å². The van der Waals surface area contributed by atoms with Crippen LogP contribution in [0.5, 0.6) is 0 Å². The van der Waals surface area contributed by atoms with Crippen LogP contribution in [0.4, 0.5) is 0 Å². The first-order valence-corrected chi connectivity index (χ1v) is 4.43. The molecule has 0 aromatic heterocycles. The van der Waals surface area contributed by atoms with Crippen molar-refractivity contribution in [1.82, 2.24) is 0 Å². The Morgan fingerprint density at radius 2 is 2.15 bits per heavy atom. The van der Waals surface area contributed by atoms with Crippen molar-refractivity contribution in [1.29, 1.82) is 0 Å². The second kappa shape index (κ2) is 6.23. The fourth-order valence-electron chi connectivity index (χ4n) is 0.945. The van der Waals surface area contributed by atoms with Crippen LogP contribution < -0.4 is 5.73 Å². The zero-order chi connectivity index (χ0) is 10.3. The number of nitrogens with zero attached hydrogens (tertiary/aromatic N) is 1. The van der Waals surface area contributed by atoms with Crippen LogP contribution in [0.15, 0.2) is 41.2 Å². The monoisotopic (exact) mass is 178 g/mol. The van der Waals surface area contributed by atoms with Crippen LogP contribution in [0.25, 0.3) is 0 Å². The van der Waals surface area contributed by atoms with Gasteiger partial charge in [0.2, 0.25) is 0 Å². The van der Waals surface area contributed by atoms with Gasteiger partial charge in [-0.05, 0) is 38.1 Å². The van der Waals surface area contributed by atoms with Crippen LogP contribution in [-0.2, 0) is 0 Å². The Hall–Kier alpha value is -1.31. The van der Waals surface area contributed by atoms with Gasteiger partial charge in [0.15, 0.2) is 0 Å². The van der Waals surface area contributed by atoms with E-state index in [4.69, 9.17) is 5.73 Å². The maximum absolute atomic E-state index is 5.41. The molecule has 72 valence electrons. The highest BCUT2D eigenvalue weighted by atomic mass is 14.7. The minimum absolute atomic E-state index is 0.764. The molecule has 0 aliphatic rings. The molecule has 0 heterocycles. The first kappa shape index (κ1) is 11.7. The van der Waals surface area contributed by atoms with Crippen LogP contribution in [0, 0.1) is 0 Å². The Bertz CT molecular complexity index is 257. The quantitative estimate of drug-likeness (QED) is 0.521. The molecule has 0 fully saturated rings. The van der Waals surface area contributed by atoms with Gasteiger partial charge in [-0.25, -0.2) is 0 Å². The molecule has 0 spiro atoms. The third kappa shape index (κ3) is 4.31. The number of hydrogen-bond acceptors (Lipinski definition) is 2. The van der Waals surface area contributed by atoms with Gasteiger partial charge in [-0.15, -0.1) is 0 Å². The van der Waals surface area contributed by atoms with Gasteiger partial charge >= 0.3 is 0 Å². The summed E-state index contributed by atoms with van der Waals surface area (Å²) in [6, 6.07) is 0. The average molecular weight is 178 g/mol. The second-order valence-electron chi connectivity index (χ2n) is 2.75. The lowest BCUT2D eigenvalue weighted by Crippen LogP contribution is -2.00. The summed E-state index contributed by atoms with van der Waals surface area (Å²) in [6.45, 7) is 9.75. The average Bonchev–Trinajstić information content (AvgIpc) is 2.13. The topological polar surface area (TPSA) is 38.4 Å². The first-order chi connectivity index (χ1) is 6.15. The summed E-state index contributed by atoms with van der Waals surface area (Å²) in [4.78, 5) is 4.34. The molecule has 0 unspecified atom stereocenters. The summed E-state index contributed by atoms with van der Waals surface area (Å²) in [5.41, 5.74) is 8.17. The van der Waals surface area contributed by atoms with Crippen LogP contribution in [0.2, 0.25) is 0 Å². The van der Waals surface area contributed by atoms with E-state index >= 15 is 0 Å². The number of rotatable bonds is 4. The fraction of sp³-hybridized carbons (Fsp3) is 0.364. The fourth-order valence-corrected chi connectivity index (χ4v) is 0.945. The Kier molecular flexibility index (Phi) is 5.60. The highest BCUT2D eigenvalue weighted by Crippen LogP contribution is 2.05. The van der Waals surface area contributed by atoms with Gasteiger partial charge in [0.05, 0.1) is 5.70 Å². The Morgan fingerprint density at radius 3 is 2.54 bits per heavy atom. The highest BCUT2D eigenvalue weighted by Gasteiger charge is 1.97. The van der Waals surface area contributed by atoms with Gasteiger partial charge in [0.1, 0.15) is 0 Å². The molecule has 2 heteroatoms. The van der Waals surface area contributed by atoms with Crippen molar-refractivity contribution in [3.8, 4) is 0 Å². The number of allylic oxidation sites excluding steroid dienone is 3. The Labute approximate surface area is 80.6 Å². The molecule has 0 rings (SSSR count). The number of nitrogens with two attached hydrogens (primary N) is 1. The molecule has 0 atom stereocenters. The molecule has 0 aliphatic carbocycles. The van der Waals surface area contributed by atoms with E-state index in [1.54, 1.807) is 6.20 Å². The van der Waals surface area contributed by atoms with Gasteiger partial charge < -0.3 is 5.73 Å². The molecule has 0 amide bonds. The highest BCUT2D eigenvalue weighted by molar-refractivity contribution is 6.00. The zero-order valence-corrected chi connectivity index (χ0v) is 8.67. The third-order valence-electron chi connectivity index (χ3n) is 1.68. The molecule has 13 heavy (non-hydrogen) atoms. The van der Waals surface area contributed by atoms with Crippen molar-refractivity contribution >= 4 is 5.71 Å². The largest absolute Gasteiger partial charge is 0.404 e. The van der Waals surface area contributed by atoms with Gasteiger partial charge in [-0.1, -0.05) is 19.6 Å². The van der Waals surface area contributed by atoms with Crippen LogP contribution in [0.1, 0.15) is 27.2 Å². The predicted octanol–water partition coefficient (Wildman–Crippen LogP) is 2.79. The van der Waals surface area contributed by atoms with Gasteiger partial charge in [-0.3, -0.25) is 4.99 Å². The van der Waals surface area contributed by atoms with Crippen molar-refractivity contribution in [2.45, 2.75) is 27.2 Å². The summed E-state index contributed by atoms with van der Waals surface area (Å²) < 4.78 is 0. The maximum Gasteiger partial charge on any atom is 0.0558 e. The SMILES string of the molecule is C=C(/C=C\C)N=C(CC)C(C)=CN. The maximum atomic E-state index is 5.41. The molecule has 2 N–H and O–H groups in total. The lowest BCUT2D eigenvalue weighted by Gasteiger charge is -2.02. The minimum atomic E-state index is 0.764. The van der Waals surface area contributed by atoms with E-state index < -0.39 is 0 Å². The van der Waals surface area contributed by atoms with E-state index in [2.05, 4.69) is 18.5 Å². The summed E-state index contributed by atoms with van der Waals surface area (Å²) in [5, 5.41) is 0. The van der Waals surface area contributed by atoms with E-state index in [0.717, 1.165) is 23.4 Å². The summed E-state index contributed by atoms with van der Waals surface area (Å²) in [7, 11) is 0. The molecule has 0 aromatic rings. The smallest absolute Gasteiger partial charge is 0.0558 e. The van der Waals surface area contributed by atoms with E-state index in [0.29, 0.717) is 0 Å². The predicted molar refractivity (Wildman–Crippen MR) is 59.6 cm³/mol. The van der Waals surface area contributed by atoms with E-state index in [1.807, 2.05) is 26.0 Å². The van der Waals surface area contributed by atoms with Crippen LogP contribution in [-0.4, -0.2) is 5.71 Å². The van der Waals surface area contributed by atoms with Crippen LogP contribution >= 0.6 is 0 Å². The number of aliphatic imine (C=N–C) groups is 1. The molecule has 0 saturated heterocycles. The normalized spacial score (nSPS) is 13.8. The third-order valence-corrected chi connectivity index (χ3v) is 1.68. The van der Waals surface area contributed by atoms with Gasteiger partial charge in [0, 0.05) is 5.71 Å². The number of hydrogen-bond donors (Lipinski definition) is 1. The second-order valence-corrected chi connectivity index (χ2v) is 2.75. The van der Waals surface area contributed by atoms with E-state index in [-0.39, 0.29) is 0 Å². The molecule has 0 aromatic carbocycles. The lowest BCUT2D eigenvalue weighted by atomic mass is 10.1. The molecule has 0 bridgehead atoms. The van der Waals surface area contributed by atoms with E-state index in [1.165, 1.54) is 0 Å². The standard InChI is InChI=1S/C11H18N2/c1-5-7-10(4)13-11(6-2)9(3)8-12/h5,7-8H,4,6,12H2,1-3H3/b7-5-,9-8?,13-11?. The molecule has 0 radical (unpaired) electrons. The van der Waals surface area contributed by atoms with Crippen LogP contribution in [0.3, 0.4) is 0 Å². The first-order valence-electron chi connectivity index (χ1n) is 4.43. The lowest BCUT2D eigenvalue weighted by molar-refractivity contribution is 1.22. The van der Waals surface area contributed by atoms with Crippen molar-refractivity contribution in [3.63, 3.8) is 0 Å². The zero-order valence-electron chi connectivity index (χ0n) is 8.67. The molecule has 0 saturated carbocycles. The van der Waals surface area contributed by atoms with Gasteiger partial charge in [-0.2, -0.15) is 0 Å². The summed E-state index contributed by atoms with van der Waals surface area (Å²) >= 11 is 0.